The van der Waals surface area contributed by atoms with Crippen molar-refractivity contribution in [3.63, 3.8) is 0 Å². The van der Waals surface area contributed by atoms with Gasteiger partial charge in [-0.2, -0.15) is 0 Å². The van der Waals surface area contributed by atoms with E-state index in [2.05, 4.69) is 25.1 Å². The smallest absolute Gasteiger partial charge is 0.225 e. The Morgan fingerprint density at radius 3 is 2.59 bits per heavy atom. The van der Waals surface area contributed by atoms with Crippen molar-refractivity contribution < 1.29 is 9.59 Å². The molecule has 0 aromatic carbocycles. The molecular weight excluding hydrogens is 342 g/mol. The zero-order valence-electron chi connectivity index (χ0n) is 15.8. The molecule has 0 spiro atoms. The first-order valence-electron chi connectivity index (χ1n) is 10.3. The minimum Gasteiger partial charge on any atom is -0.350 e. The molecule has 146 valence electrons. The minimum absolute atomic E-state index is 0.0479. The van der Waals surface area contributed by atoms with Crippen LogP contribution in [0.3, 0.4) is 0 Å². The molecule has 2 aliphatic heterocycles. The van der Waals surface area contributed by atoms with Crippen molar-refractivity contribution in [2.24, 2.45) is 11.8 Å². The molecular formula is C20H29N5O2. The normalized spacial score (nSPS) is 24.6. The van der Waals surface area contributed by atoms with Crippen LogP contribution in [-0.2, 0) is 16.1 Å². The Balaban J connectivity index is 1.24. The Hall–Kier alpha value is -2.02. The number of carbonyl (C=O) groups excluding carboxylic acids is 2. The van der Waals surface area contributed by atoms with Crippen molar-refractivity contribution in [3.05, 3.63) is 24.3 Å². The van der Waals surface area contributed by atoms with Crippen molar-refractivity contribution >= 4 is 11.8 Å². The van der Waals surface area contributed by atoms with Gasteiger partial charge in [0.15, 0.2) is 0 Å². The summed E-state index contributed by atoms with van der Waals surface area (Å²) in [5.74, 6) is 0.861. The molecule has 0 unspecified atom stereocenters. The number of nitrogens with zero attached hydrogens (tertiary/aromatic N) is 4. The molecule has 2 saturated heterocycles. The highest BCUT2D eigenvalue weighted by molar-refractivity contribution is 5.81. The molecule has 3 aliphatic rings. The number of piperidine rings is 2. The monoisotopic (exact) mass is 371 g/mol. The second-order valence-electron chi connectivity index (χ2n) is 8.08. The lowest BCUT2D eigenvalue weighted by atomic mass is 9.93. The molecule has 27 heavy (non-hydrogen) atoms. The Kier molecular flexibility index (Phi) is 5.66. The maximum atomic E-state index is 12.6. The summed E-state index contributed by atoms with van der Waals surface area (Å²) in [5.41, 5.74) is 0.832. The Bertz CT molecular complexity index is 656. The summed E-state index contributed by atoms with van der Waals surface area (Å²) in [7, 11) is 0. The Morgan fingerprint density at radius 2 is 1.89 bits per heavy atom. The topological polar surface area (TPSA) is 78.4 Å². The average Bonchev–Trinajstić information content (AvgIpc) is 3.58. The second kappa shape index (κ2) is 8.33. The van der Waals surface area contributed by atoms with Crippen molar-refractivity contribution in [3.8, 4) is 0 Å². The van der Waals surface area contributed by atoms with Gasteiger partial charge in [0.05, 0.1) is 18.2 Å². The summed E-state index contributed by atoms with van der Waals surface area (Å²) in [5, 5.41) is 3.02. The second-order valence-corrected chi connectivity index (χ2v) is 8.08. The first kappa shape index (κ1) is 18.3. The molecule has 1 N–H and O–H groups in total. The van der Waals surface area contributed by atoms with Crippen molar-refractivity contribution in [2.45, 2.75) is 51.1 Å². The number of likely N-dealkylation sites (tertiary alicyclic amines) is 2. The van der Waals surface area contributed by atoms with E-state index < -0.39 is 0 Å². The highest BCUT2D eigenvalue weighted by Gasteiger charge is 2.37. The third-order valence-electron chi connectivity index (χ3n) is 6.13. The Morgan fingerprint density at radius 1 is 1.07 bits per heavy atom. The van der Waals surface area contributed by atoms with E-state index in [-0.39, 0.29) is 11.8 Å². The summed E-state index contributed by atoms with van der Waals surface area (Å²) in [6.45, 7) is 4.11. The quantitative estimate of drug-likeness (QED) is 0.842. The van der Waals surface area contributed by atoms with E-state index in [1.54, 1.807) is 6.20 Å². The third kappa shape index (κ3) is 4.64. The van der Waals surface area contributed by atoms with Gasteiger partial charge in [0.1, 0.15) is 6.33 Å². The largest absolute Gasteiger partial charge is 0.350 e. The highest BCUT2D eigenvalue weighted by Crippen LogP contribution is 2.32. The fraction of sp³-hybridized carbons (Fsp3) is 0.700. The number of carbonyl (C=O) groups is 2. The van der Waals surface area contributed by atoms with Crippen LogP contribution in [0.2, 0.25) is 0 Å². The molecule has 1 atom stereocenters. The van der Waals surface area contributed by atoms with E-state index in [1.165, 1.54) is 6.33 Å². The van der Waals surface area contributed by atoms with Crippen LogP contribution in [0.4, 0.5) is 0 Å². The molecule has 3 fully saturated rings. The number of amides is 2. The van der Waals surface area contributed by atoms with Crippen LogP contribution in [0.25, 0.3) is 0 Å². The van der Waals surface area contributed by atoms with Crippen molar-refractivity contribution in [2.75, 3.05) is 26.2 Å². The Labute approximate surface area is 160 Å². The van der Waals surface area contributed by atoms with E-state index in [1.807, 2.05) is 6.07 Å². The maximum Gasteiger partial charge on any atom is 0.225 e. The molecule has 4 rings (SSSR count). The lowest BCUT2D eigenvalue weighted by Crippen LogP contribution is -2.51. The summed E-state index contributed by atoms with van der Waals surface area (Å²) in [4.78, 5) is 37.4. The van der Waals surface area contributed by atoms with Gasteiger partial charge in [-0.1, -0.05) is 0 Å². The van der Waals surface area contributed by atoms with E-state index in [0.717, 1.165) is 70.4 Å². The van der Waals surface area contributed by atoms with E-state index in [0.29, 0.717) is 24.4 Å². The molecule has 1 aliphatic carbocycles. The van der Waals surface area contributed by atoms with Crippen LogP contribution in [0, 0.1) is 11.8 Å². The van der Waals surface area contributed by atoms with Gasteiger partial charge in [-0.25, -0.2) is 9.97 Å². The number of rotatable bonds is 5. The fourth-order valence-corrected chi connectivity index (χ4v) is 4.34. The first-order chi connectivity index (χ1) is 13.2. The van der Waals surface area contributed by atoms with Crippen LogP contribution in [-0.4, -0.2) is 63.8 Å². The summed E-state index contributed by atoms with van der Waals surface area (Å²) in [6, 6.07) is 2.33. The molecule has 1 saturated carbocycles. The van der Waals surface area contributed by atoms with Crippen molar-refractivity contribution in [1.29, 1.82) is 0 Å². The van der Waals surface area contributed by atoms with Gasteiger partial charge in [0, 0.05) is 37.8 Å². The predicted molar refractivity (Wildman–Crippen MR) is 101 cm³/mol. The molecule has 3 heterocycles. The zero-order chi connectivity index (χ0) is 18.6. The lowest BCUT2D eigenvalue weighted by Gasteiger charge is -2.42. The summed E-state index contributed by atoms with van der Waals surface area (Å²) in [6.07, 6.45) is 9.44. The molecule has 0 bridgehead atoms. The number of hydrogen-bond donors (Lipinski definition) is 1. The van der Waals surface area contributed by atoms with Gasteiger partial charge in [0.25, 0.3) is 0 Å². The average molecular weight is 371 g/mol. The number of nitrogens with one attached hydrogen (secondary N) is 1. The molecule has 2 amide bonds. The van der Waals surface area contributed by atoms with Gasteiger partial charge < -0.3 is 10.2 Å². The molecule has 0 radical (unpaired) electrons. The number of aromatic nitrogens is 2. The van der Waals surface area contributed by atoms with Crippen LogP contribution in [0.5, 0.6) is 0 Å². The van der Waals surface area contributed by atoms with Gasteiger partial charge in [-0.05, 0) is 51.1 Å². The van der Waals surface area contributed by atoms with Gasteiger partial charge >= 0.3 is 0 Å². The van der Waals surface area contributed by atoms with Gasteiger partial charge in [-0.3, -0.25) is 14.5 Å². The SMILES string of the molecule is O=C(NCc1ccncn1)[C@@H]1CCCN(C2CCN(C(=O)C3CC3)CC2)C1. The third-order valence-corrected chi connectivity index (χ3v) is 6.13. The lowest BCUT2D eigenvalue weighted by molar-refractivity contribution is -0.134. The van der Waals surface area contributed by atoms with Crippen LogP contribution < -0.4 is 5.32 Å². The molecule has 1 aromatic rings. The fourth-order valence-electron chi connectivity index (χ4n) is 4.34. The van der Waals surface area contributed by atoms with Crippen molar-refractivity contribution in [1.82, 2.24) is 25.1 Å². The van der Waals surface area contributed by atoms with E-state index in [9.17, 15) is 9.59 Å². The number of hydrogen-bond acceptors (Lipinski definition) is 5. The van der Waals surface area contributed by atoms with Gasteiger partial charge in [-0.15, -0.1) is 0 Å². The molecule has 1 aromatic heterocycles. The summed E-state index contributed by atoms with van der Waals surface area (Å²) < 4.78 is 0. The minimum atomic E-state index is 0.0479. The summed E-state index contributed by atoms with van der Waals surface area (Å²) >= 11 is 0. The molecule has 7 nitrogen and oxygen atoms in total. The highest BCUT2D eigenvalue weighted by atomic mass is 16.2. The van der Waals surface area contributed by atoms with E-state index in [4.69, 9.17) is 0 Å². The molecule has 7 heteroatoms. The zero-order valence-corrected chi connectivity index (χ0v) is 15.8. The maximum absolute atomic E-state index is 12.6. The predicted octanol–water partition coefficient (Wildman–Crippen LogP) is 1.21. The van der Waals surface area contributed by atoms with Gasteiger partial charge in [0.2, 0.25) is 11.8 Å². The first-order valence-corrected chi connectivity index (χ1v) is 10.3. The van der Waals surface area contributed by atoms with Crippen LogP contribution in [0.1, 0.15) is 44.2 Å². The van der Waals surface area contributed by atoms with Crippen LogP contribution in [0.15, 0.2) is 18.6 Å². The van der Waals surface area contributed by atoms with E-state index >= 15 is 0 Å². The van der Waals surface area contributed by atoms with Crippen LogP contribution >= 0.6 is 0 Å². The standard InChI is InChI=1S/C20H29N5O2/c26-19(22-12-17-5-8-21-14-23-17)16-2-1-9-25(13-16)18-6-10-24(11-7-18)20(27)15-3-4-15/h5,8,14-16,18H,1-4,6-7,9-13H2,(H,22,26)/t16-/m1/s1.